The van der Waals surface area contributed by atoms with E-state index in [0.717, 1.165) is 24.3 Å². The van der Waals surface area contributed by atoms with Crippen molar-refractivity contribution in [3.8, 4) is 11.3 Å². The molecule has 2 aromatic rings. The number of aliphatic hydroxyl groups is 1. The molecule has 1 atom stereocenters. The monoisotopic (exact) mass is 345 g/mol. The lowest BCUT2D eigenvalue weighted by Crippen LogP contribution is -2.50. The van der Waals surface area contributed by atoms with Crippen molar-refractivity contribution in [2.24, 2.45) is 7.05 Å². The molecule has 1 aromatic heterocycles. The molecule has 0 radical (unpaired) electrons. The molecule has 5 nitrogen and oxygen atoms in total. The van der Waals surface area contributed by atoms with Crippen molar-refractivity contribution in [2.45, 2.75) is 13.0 Å². The molecule has 1 aliphatic heterocycles. The quantitative estimate of drug-likeness (QED) is 0.922. The van der Waals surface area contributed by atoms with Crippen molar-refractivity contribution in [3.63, 3.8) is 0 Å². The molecule has 25 heavy (non-hydrogen) atoms. The number of β-amino-alcohol motifs (C(OH)–C–C–N with tert-alkyl or cyclic N) is 1. The Hall–Kier alpha value is -2.18. The number of piperazine rings is 1. The van der Waals surface area contributed by atoms with E-state index in [1.54, 1.807) is 19.1 Å². The van der Waals surface area contributed by atoms with Crippen LogP contribution in [-0.4, -0.2) is 64.2 Å². The Morgan fingerprint density at radius 3 is 2.36 bits per heavy atom. The fraction of sp³-hybridized carbons (Fsp3) is 0.421. The van der Waals surface area contributed by atoms with Gasteiger partial charge in [-0.1, -0.05) is 0 Å². The highest BCUT2D eigenvalue weighted by molar-refractivity contribution is 5.94. The summed E-state index contributed by atoms with van der Waals surface area (Å²) >= 11 is 0. The van der Waals surface area contributed by atoms with Crippen LogP contribution in [0.15, 0.2) is 36.4 Å². The van der Waals surface area contributed by atoms with Crippen molar-refractivity contribution in [1.29, 1.82) is 0 Å². The molecule has 0 bridgehead atoms. The van der Waals surface area contributed by atoms with Crippen LogP contribution in [0.3, 0.4) is 0 Å². The average Bonchev–Trinajstić information content (AvgIpc) is 2.97. The van der Waals surface area contributed by atoms with Gasteiger partial charge in [-0.2, -0.15) is 0 Å². The Labute approximate surface area is 147 Å². The number of nitrogens with zero attached hydrogens (tertiary/aromatic N) is 3. The van der Waals surface area contributed by atoms with E-state index < -0.39 is 0 Å². The first-order chi connectivity index (χ1) is 12.0. The van der Waals surface area contributed by atoms with Gasteiger partial charge in [-0.25, -0.2) is 4.39 Å². The molecular weight excluding hydrogens is 321 g/mol. The second kappa shape index (κ2) is 7.37. The molecule has 6 heteroatoms. The van der Waals surface area contributed by atoms with Crippen molar-refractivity contribution < 1.29 is 14.3 Å². The van der Waals surface area contributed by atoms with Crippen LogP contribution < -0.4 is 0 Å². The highest BCUT2D eigenvalue weighted by atomic mass is 19.1. The maximum Gasteiger partial charge on any atom is 0.270 e. The molecule has 1 saturated heterocycles. The van der Waals surface area contributed by atoms with Crippen LogP contribution in [0.4, 0.5) is 4.39 Å². The molecule has 1 aromatic carbocycles. The van der Waals surface area contributed by atoms with E-state index in [4.69, 9.17) is 0 Å². The molecule has 3 rings (SSSR count). The van der Waals surface area contributed by atoms with Gasteiger partial charge in [0.25, 0.3) is 5.91 Å². The first kappa shape index (κ1) is 17.6. The van der Waals surface area contributed by atoms with Gasteiger partial charge in [-0.15, -0.1) is 0 Å². The van der Waals surface area contributed by atoms with Crippen molar-refractivity contribution in [3.05, 3.63) is 47.9 Å². The molecule has 1 aliphatic rings. The van der Waals surface area contributed by atoms with E-state index in [1.807, 2.05) is 28.6 Å². The Bertz CT molecular complexity index is 732. The molecule has 134 valence electrons. The number of hydrogen-bond acceptors (Lipinski definition) is 3. The fourth-order valence-corrected chi connectivity index (χ4v) is 3.31. The summed E-state index contributed by atoms with van der Waals surface area (Å²) in [7, 11) is 1.86. The summed E-state index contributed by atoms with van der Waals surface area (Å²) < 4.78 is 15.0. The number of rotatable bonds is 4. The number of carbonyl (C=O) groups excluding carboxylic acids is 1. The molecule has 0 aliphatic carbocycles. The zero-order valence-corrected chi connectivity index (χ0v) is 14.7. The van der Waals surface area contributed by atoms with Gasteiger partial charge in [0.05, 0.1) is 6.10 Å². The fourth-order valence-electron chi connectivity index (χ4n) is 3.31. The van der Waals surface area contributed by atoms with Gasteiger partial charge in [0.2, 0.25) is 0 Å². The number of carbonyl (C=O) groups is 1. The molecule has 1 unspecified atom stereocenters. The second-order valence-corrected chi connectivity index (χ2v) is 6.61. The number of aromatic nitrogens is 1. The van der Waals surface area contributed by atoms with Gasteiger partial charge < -0.3 is 14.6 Å². The third-order valence-electron chi connectivity index (χ3n) is 4.66. The van der Waals surface area contributed by atoms with E-state index in [9.17, 15) is 14.3 Å². The molecule has 0 saturated carbocycles. The van der Waals surface area contributed by atoms with Gasteiger partial charge in [-0.3, -0.25) is 9.69 Å². The van der Waals surface area contributed by atoms with Crippen LogP contribution in [0.1, 0.15) is 17.4 Å². The summed E-state index contributed by atoms with van der Waals surface area (Å²) in [6, 6.07) is 9.99. The van der Waals surface area contributed by atoms with Gasteiger partial charge in [-0.05, 0) is 48.9 Å². The lowest BCUT2D eigenvalue weighted by Gasteiger charge is -2.35. The lowest BCUT2D eigenvalue weighted by atomic mass is 10.1. The van der Waals surface area contributed by atoms with E-state index in [0.29, 0.717) is 25.3 Å². The topological polar surface area (TPSA) is 48.7 Å². The highest BCUT2D eigenvalue weighted by Gasteiger charge is 2.24. The molecule has 1 N–H and O–H groups in total. The first-order valence-corrected chi connectivity index (χ1v) is 8.57. The summed E-state index contributed by atoms with van der Waals surface area (Å²) in [6.07, 6.45) is -0.353. The molecular formula is C19H24FN3O2. The molecule has 1 amide bonds. The van der Waals surface area contributed by atoms with Gasteiger partial charge in [0.1, 0.15) is 11.5 Å². The second-order valence-electron chi connectivity index (χ2n) is 6.61. The van der Waals surface area contributed by atoms with Crippen LogP contribution in [0, 0.1) is 5.82 Å². The Morgan fingerprint density at radius 2 is 1.76 bits per heavy atom. The Kier molecular flexibility index (Phi) is 5.20. The zero-order valence-electron chi connectivity index (χ0n) is 14.7. The summed E-state index contributed by atoms with van der Waals surface area (Å²) in [6.45, 7) is 5.27. The number of benzene rings is 1. The largest absolute Gasteiger partial charge is 0.392 e. The number of aliphatic hydroxyl groups excluding tert-OH is 1. The summed E-state index contributed by atoms with van der Waals surface area (Å²) in [4.78, 5) is 16.8. The van der Waals surface area contributed by atoms with Crippen LogP contribution in [0.2, 0.25) is 0 Å². The van der Waals surface area contributed by atoms with Crippen LogP contribution in [0.5, 0.6) is 0 Å². The minimum Gasteiger partial charge on any atom is -0.392 e. The standard InChI is InChI=1S/C19H24FN3O2/c1-14(24)13-22-9-11-23(12-10-22)19(25)18-8-7-17(21(18)2)15-3-5-16(20)6-4-15/h3-8,14,24H,9-13H2,1-2H3. The normalized spacial score (nSPS) is 16.9. The Balaban J connectivity index is 1.70. The van der Waals surface area contributed by atoms with Gasteiger partial charge in [0.15, 0.2) is 0 Å². The third-order valence-corrected chi connectivity index (χ3v) is 4.66. The molecule has 1 fully saturated rings. The number of amides is 1. The summed E-state index contributed by atoms with van der Waals surface area (Å²) in [5.41, 5.74) is 2.39. The van der Waals surface area contributed by atoms with Gasteiger partial charge in [0, 0.05) is 45.5 Å². The van der Waals surface area contributed by atoms with E-state index in [2.05, 4.69) is 4.90 Å². The smallest absolute Gasteiger partial charge is 0.270 e. The predicted molar refractivity (Wildman–Crippen MR) is 94.8 cm³/mol. The van der Waals surface area contributed by atoms with Crippen LogP contribution in [0.25, 0.3) is 11.3 Å². The zero-order chi connectivity index (χ0) is 18.0. The molecule has 0 spiro atoms. The van der Waals surface area contributed by atoms with Crippen molar-refractivity contribution in [2.75, 3.05) is 32.7 Å². The van der Waals surface area contributed by atoms with Gasteiger partial charge >= 0.3 is 0 Å². The third kappa shape index (κ3) is 3.91. The predicted octanol–water partition coefficient (Wildman–Crippen LogP) is 1.97. The first-order valence-electron chi connectivity index (χ1n) is 8.57. The lowest BCUT2D eigenvalue weighted by molar-refractivity contribution is 0.0546. The summed E-state index contributed by atoms with van der Waals surface area (Å²) in [5.74, 6) is -0.267. The SMILES string of the molecule is CC(O)CN1CCN(C(=O)c2ccc(-c3ccc(F)cc3)n2C)CC1. The minimum absolute atomic E-state index is 0.00700. The average molecular weight is 345 g/mol. The van der Waals surface area contributed by atoms with Crippen LogP contribution in [-0.2, 0) is 7.05 Å². The van der Waals surface area contributed by atoms with E-state index in [1.165, 1.54) is 12.1 Å². The molecule has 2 heterocycles. The van der Waals surface area contributed by atoms with E-state index in [-0.39, 0.29) is 17.8 Å². The van der Waals surface area contributed by atoms with E-state index >= 15 is 0 Å². The van der Waals surface area contributed by atoms with Crippen molar-refractivity contribution in [1.82, 2.24) is 14.4 Å². The minimum atomic E-state index is -0.353. The Morgan fingerprint density at radius 1 is 1.12 bits per heavy atom. The van der Waals surface area contributed by atoms with Crippen LogP contribution >= 0.6 is 0 Å². The summed E-state index contributed by atoms with van der Waals surface area (Å²) in [5, 5.41) is 9.47. The van der Waals surface area contributed by atoms with Crippen molar-refractivity contribution >= 4 is 5.91 Å². The maximum absolute atomic E-state index is 13.1. The number of halogens is 1. The highest BCUT2D eigenvalue weighted by Crippen LogP contribution is 2.23. The number of hydrogen-bond donors (Lipinski definition) is 1. The maximum atomic E-state index is 13.1.